The molecule has 0 N–H and O–H groups in total. The highest BCUT2D eigenvalue weighted by atomic mass is 19.4. The maximum absolute atomic E-state index is 12.4. The van der Waals surface area contributed by atoms with E-state index in [-0.39, 0.29) is 6.54 Å². The normalized spacial score (nSPS) is 15.5. The summed E-state index contributed by atoms with van der Waals surface area (Å²) in [5.74, 6) is 0. The van der Waals surface area contributed by atoms with Crippen LogP contribution in [0.4, 0.5) is 13.2 Å². The molecule has 0 aliphatic rings. The first kappa shape index (κ1) is 12.7. The second-order valence-corrected chi connectivity index (χ2v) is 3.38. The van der Waals surface area contributed by atoms with Gasteiger partial charge in [0.15, 0.2) is 0 Å². The first-order valence-corrected chi connectivity index (χ1v) is 4.20. The molecule has 80 valence electrons. The maximum atomic E-state index is 12.4. The number of rotatable bonds is 4. The van der Waals surface area contributed by atoms with Gasteiger partial charge in [-0.25, -0.2) is 0 Å². The third-order valence-corrected chi connectivity index (χ3v) is 2.03. The molecule has 0 saturated heterocycles. The minimum Gasteiger partial charge on any atom is -0.305 e. The van der Waals surface area contributed by atoms with E-state index in [2.05, 4.69) is 0 Å². The molecule has 0 amide bonds. The lowest BCUT2D eigenvalue weighted by Gasteiger charge is -2.30. The molecule has 5 heteroatoms. The molecule has 0 heterocycles. The van der Waals surface area contributed by atoms with Gasteiger partial charge in [-0.1, -0.05) is 6.92 Å². The van der Waals surface area contributed by atoms with E-state index in [0.29, 0.717) is 6.54 Å². The Morgan fingerprint density at radius 3 is 1.85 bits per heavy atom. The van der Waals surface area contributed by atoms with Crippen LogP contribution in [0.2, 0.25) is 0 Å². The summed E-state index contributed by atoms with van der Waals surface area (Å²) < 4.78 is 37.2. The third-order valence-electron chi connectivity index (χ3n) is 2.03. The monoisotopic (exact) mass is 198 g/mol. The van der Waals surface area contributed by atoms with E-state index in [1.165, 1.54) is 19.0 Å². The van der Waals surface area contributed by atoms with Gasteiger partial charge in [-0.15, -0.1) is 0 Å². The Hall–Kier alpha value is -0.290. The molecule has 0 bridgehead atoms. The molecule has 0 saturated carbocycles. The highest BCUT2D eigenvalue weighted by Crippen LogP contribution is 2.23. The molecular formula is C8H17F3N2. The lowest BCUT2D eigenvalue weighted by Crippen LogP contribution is -2.48. The predicted octanol–water partition coefficient (Wildman–Crippen LogP) is 1.43. The molecule has 0 aromatic carbocycles. The zero-order valence-electron chi connectivity index (χ0n) is 8.52. The Bertz CT molecular complexity index is 145. The number of hydrogen-bond donors (Lipinski definition) is 0. The van der Waals surface area contributed by atoms with Crippen molar-refractivity contribution < 1.29 is 13.2 Å². The van der Waals surface area contributed by atoms with Crippen LogP contribution >= 0.6 is 0 Å². The molecule has 0 aromatic rings. The quantitative estimate of drug-likeness (QED) is 0.674. The molecule has 0 spiro atoms. The van der Waals surface area contributed by atoms with Crippen molar-refractivity contribution in [1.82, 2.24) is 9.80 Å². The van der Waals surface area contributed by atoms with Crippen LogP contribution < -0.4 is 0 Å². The molecule has 0 fully saturated rings. The minimum atomic E-state index is -4.15. The Kier molecular flexibility index (Phi) is 4.70. The highest BCUT2D eigenvalue weighted by Gasteiger charge is 2.41. The number of halogens is 3. The van der Waals surface area contributed by atoms with E-state index < -0.39 is 12.2 Å². The smallest absolute Gasteiger partial charge is 0.305 e. The lowest BCUT2D eigenvalue weighted by molar-refractivity contribution is -0.180. The first-order valence-electron chi connectivity index (χ1n) is 4.20. The molecule has 0 aromatic heterocycles. The number of likely N-dealkylation sites (N-methyl/N-ethyl adjacent to an activating group) is 2. The standard InChI is InChI=1S/C8H17F3N2/c1-5-13(4)6-7(12(2)3)8(9,10)11/h7H,5-6H2,1-4H3. The van der Waals surface area contributed by atoms with E-state index in [1.54, 1.807) is 11.9 Å². The van der Waals surface area contributed by atoms with Gasteiger partial charge in [0.05, 0.1) is 0 Å². The second-order valence-electron chi connectivity index (χ2n) is 3.38. The summed E-state index contributed by atoms with van der Waals surface area (Å²) >= 11 is 0. The Labute approximate surface area is 77.3 Å². The lowest BCUT2D eigenvalue weighted by atomic mass is 10.2. The number of alkyl halides is 3. The van der Waals surface area contributed by atoms with Gasteiger partial charge in [0.2, 0.25) is 0 Å². The Balaban J connectivity index is 4.28. The largest absolute Gasteiger partial charge is 0.405 e. The van der Waals surface area contributed by atoms with Gasteiger partial charge in [0, 0.05) is 6.54 Å². The maximum Gasteiger partial charge on any atom is 0.405 e. The molecular weight excluding hydrogens is 181 g/mol. The van der Waals surface area contributed by atoms with Crippen molar-refractivity contribution in [1.29, 1.82) is 0 Å². The van der Waals surface area contributed by atoms with Crippen LogP contribution in [0.5, 0.6) is 0 Å². The zero-order valence-corrected chi connectivity index (χ0v) is 8.52. The van der Waals surface area contributed by atoms with Crippen molar-refractivity contribution in [3.05, 3.63) is 0 Å². The van der Waals surface area contributed by atoms with E-state index in [0.717, 1.165) is 0 Å². The van der Waals surface area contributed by atoms with Gasteiger partial charge >= 0.3 is 6.18 Å². The third kappa shape index (κ3) is 4.47. The molecule has 1 atom stereocenters. The van der Waals surface area contributed by atoms with Gasteiger partial charge in [0.25, 0.3) is 0 Å². The summed E-state index contributed by atoms with van der Waals surface area (Å²) in [6.45, 7) is 2.48. The fraction of sp³-hybridized carbons (Fsp3) is 1.00. The fourth-order valence-electron chi connectivity index (χ4n) is 0.984. The zero-order chi connectivity index (χ0) is 10.6. The summed E-state index contributed by atoms with van der Waals surface area (Å²) in [6, 6.07) is -1.38. The van der Waals surface area contributed by atoms with Crippen LogP contribution in [0.3, 0.4) is 0 Å². The topological polar surface area (TPSA) is 6.48 Å². The van der Waals surface area contributed by atoms with Crippen LogP contribution in [0.15, 0.2) is 0 Å². The highest BCUT2D eigenvalue weighted by molar-refractivity contribution is 4.77. The molecule has 0 aliphatic heterocycles. The molecule has 0 rings (SSSR count). The number of nitrogens with zero attached hydrogens (tertiary/aromatic N) is 2. The van der Waals surface area contributed by atoms with Gasteiger partial charge in [0.1, 0.15) is 6.04 Å². The minimum absolute atomic E-state index is 0.0208. The predicted molar refractivity (Wildman–Crippen MR) is 46.7 cm³/mol. The molecule has 0 radical (unpaired) electrons. The Morgan fingerprint density at radius 2 is 1.62 bits per heavy atom. The van der Waals surface area contributed by atoms with E-state index >= 15 is 0 Å². The summed E-state index contributed by atoms with van der Waals surface area (Å²) in [5.41, 5.74) is 0. The van der Waals surface area contributed by atoms with E-state index in [4.69, 9.17) is 0 Å². The number of hydrogen-bond acceptors (Lipinski definition) is 2. The van der Waals surface area contributed by atoms with Crippen molar-refractivity contribution in [2.75, 3.05) is 34.2 Å². The second kappa shape index (κ2) is 4.81. The van der Waals surface area contributed by atoms with E-state index in [1.807, 2.05) is 6.92 Å². The molecule has 1 unspecified atom stereocenters. The summed E-state index contributed by atoms with van der Waals surface area (Å²) in [7, 11) is 4.57. The van der Waals surface area contributed by atoms with Gasteiger partial charge in [-0.3, -0.25) is 4.90 Å². The Morgan fingerprint density at radius 1 is 1.15 bits per heavy atom. The average Bonchev–Trinajstić information content (AvgIpc) is 1.96. The van der Waals surface area contributed by atoms with Gasteiger partial charge in [-0.05, 0) is 27.7 Å². The van der Waals surface area contributed by atoms with Crippen LogP contribution in [0.25, 0.3) is 0 Å². The van der Waals surface area contributed by atoms with Crippen LogP contribution in [0.1, 0.15) is 6.92 Å². The van der Waals surface area contributed by atoms with Gasteiger partial charge < -0.3 is 4.90 Å². The van der Waals surface area contributed by atoms with Crippen LogP contribution in [-0.2, 0) is 0 Å². The van der Waals surface area contributed by atoms with Crippen molar-refractivity contribution in [2.24, 2.45) is 0 Å². The summed E-state index contributed by atoms with van der Waals surface area (Å²) in [5, 5.41) is 0. The van der Waals surface area contributed by atoms with Crippen LogP contribution in [-0.4, -0.2) is 56.3 Å². The fourth-order valence-corrected chi connectivity index (χ4v) is 0.984. The SMILES string of the molecule is CCN(C)CC(N(C)C)C(F)(F)F. The summed E-state index contributed by atoms with van der Waals surface area (Å²) in [4.78, 5) is 2.85. The molecule has 2 nitrogen and oxygen atoms in total. The van der Waals surface area contributed by atoms with Crippen molar-refractivity contribution in [3.8, 4) is 0 Å². The first-order chi connectivity index (χ1) is 5.79. The average molecular weight is 198 g/mol. The van der Waals surface area contributed by atoms with Crippen molar-refractivity contribution in [2.45, 2.75) is 19.1 Å². The van der Waals surface area contributed by atoms with Crippen molar-refractivity contribution >= 4 is 0 Å². The summed E-state index contributed by atoms with van der Waals surface area (Å²) in [6.07, 6.45) is -4.15. The van der Waals surface area contributed by atoms with Gasteiger partial charge in [-0.2, -0.15) is 13.2 Å². The van der Waals surface area contributed by atoms with Crippen molar-refractivity contribution in [3.63, 3.8) is 0 Å². The van der Waals surface area contributed by atoms with E-state index in [9.17, 15) is 13.2 Å². The van der Waals surface area contributed by atoms with Crippen LogP contribution in [0, 0.1) is 0 Å². The molecule has 13 heavy (non-hydrogen) atoms. The molecule has 0 aliphatic carbocycles.